The minimum absolute atomic E-state index is 0.474. The minimum Gasteiger partial charge on any atom is -0.423 e. The minimum atomic E-state index is -1.50. The fraction of sp³-hybridized carbons (Fsp3) is 0. The van der Waals surface area contributed by atoms with Crippen LogP contribution in [-0.2, 0) is 0 Å². The number of thiophene rings is 1. The average Bonchev–Trinajstić information content (AvgIpc) is 3.44. The van der Waals surface area contributed by atoms with E-state index in [2.05, 4.69) is 83.4 Å². The van der Waals surface area contributed by atoms with Crippen molar-refractivity contribution in [2.45, 2.75) is 0 Å². The van der Waals surface area contributed by atoms with Crippen LogP contribution in [0.25, 0.3) is 58.8 Å². The first-order valence-corrected chi connectivity index (χ1v) is 12.4. The molecule has 0 atom stereocenters. The Morgan fingerprint density at radius 1 is 0.600 bits per heavy atom. The van der Waals surface area contributed by atoms with Crippen LogP contribution in [0, 0.1) is 0 Å². The summed E-state index contributed by atoms with van der Waals surface area (Å²) in [5.41, 5.74) is 5.99. The first-order valence-electron chi connectivity index (χ1n) is 11.6. The standard InChI is InChI=1S/C30H20BNO2S/c33-31(34)20-7-5-8-21(18-20)32-27-13-3-1-9-23(27)26-17-19(15-16-28(26)32)22-11-6-12-25-24-10-2-4-14-29(24)35-30(22)25/h1-18,33-34H. The van der Waals surface area contributed by atoms with Gasteiger partial charge in [0.2, 0.25) is 0 Å². The molecule has 35 heavy (non-hydrogen) atoms. The molecule has 2 heterocycles. The molecule has 0 radical (unpaired) electrons. The molecule has 0 aliphatic carbocycles. The largest absolute Gasteiger partial charge is 0.488 e. The van der Waals surface area contributed by atoms with E-state index in [1.54, 1.807) is 6.07 Å². The van der Waals surface area contributed by atoms with E-state index in [4.69, 9.17) is 0 Å². The molecule has 5 aromatic carbocycles. The van der Waals surface area contributed by atoms with Crippen LogP contribution in [0.15, 0.2) is 109 Å². The van der Waals surface area contributed by atoms with Crippen molar-refractivity contribution in [3.63, 3.8) is 0 Å². The summed E-state index contributed by atoms with van der Waals surface area (Å²) in [4.78, 5) is 0. The van der Waals surface area contributed by atoms with E-state index in [9.17, 15) is 10.0 Å². The third-order valence-electron chi connectivity index (χ3n) is 6.81. The number of para-hydroxylation sites is 1. The summed E-state index contributed by atoms with van der Waals surface area (Å²) in [5.74, 6) is 0. The summed E-state index contributed by atoms with van der Waals surface area (Å²) >= 11 is 1.85. The van der Waals surface area contributed by atoms with E-state index in [-0.39, 0.29) is 0 Å². The van der Waals surface area contributed by atoms with E-state index in [1.807, 2.05) is 35.6 Å². The molecule has 0 amide bonds. The molecule has 3 nitrogen and oxygen atoms in total. The summed E-state index contributed by atoms with van der Waals surface area (Å²) in [6, 6.07) is 37.6. The van der Waals surface area contributed by atoms with Gasteiger partial charge in [-0.2, -0.15) is 0 Å². The molecular weight excluding hydrogens is 449 g/mol. The lowest BCUT2D eigenvalue weighted by Gasteiger charge is -2.10. The lowest BCUT2D eigenvalue weighted by molar-refractivity contribution is 0.426. The summed E-state index contributed by atoms with van der Waals surface area (Å²) in [6.07, 6.45) is 0. The molecule has 0 saturated carbocycles. The first-order chi connectivity index (χ1) is 17.2. The van der Waals surface area contributed by atoms with Crippen molar-refractivity contribution in [1.29, 1.82) is 0 Å². The molecule has 0 aliphatic heterocycles. The SMILES string of the molecule is OB(O)c1cccc(-n2c3ccccc3c3cc(-c4cccc5c4sc4ccccc45)ccc32)c1. The second kappa shape index (κ2) is 7.82. The smallest absolute Gasteiger partial charge is 0.423 e. The van der Waals surface area contributed by atoms with Crippen LogP contribution in [0.1, 0.15) is 0 Å². The maximum absolute atomic E-state index is 9.72. The Bertz CT molecular complexity index is 1900. The zero-order chi connectivity index (χ0) is 23.5. The average molecular weight is 469 g/mol. The Labute approximate surface area is 206 Å². The van der Waals surface area contributed by atoms with Gasteiger partial charge in [0.05, 0.1) is 11.0 Å². The van der Waals surface area contributed by atoms with Crippen LogP contribution in [0.4, 0.5) is 0 Å². The van der Waals surface area contributed by atoms with E-state index < -0.39 is 7.12 Å². The van der Waals surface area contributed by atoms with Crippen molar-refractivity contribution in [2.75, 3.05) is 0 Å². The molecule has 2 N–H and O–H groups in total. The van der Waals surface area contributed by atoms with Crippen molar-refractivity contribution in [2.24, 2.45) is 0 Å². The fourth-order valence-electron chi connectivity index (χ4n) is 5.22. The Balaban J connectivity index is 1.50. The van der Waals surface area contributed by atoms with Crippen LogP contribution in [0.3, 0.4) is 0 Å². The number of rotatable bonds is 3. The summed E-state index contributed by atoms with van der Waals surface area (Å²) < 4.78 is 4.81. The predicted octanol–water partition coefficient (Wildman–Crippen LogP) is 6.50. The lowest BCUT2D eigenvalue weighted by atomic mass is 9.80. The number of hydrogen-bond donors (Lipinski definition) is 2. The number of aromatic nitrogens is 1. The summed E-state index contributed by atoms with van der Waals surface area (Å²) in [5, 5.41) is 24.4. The van der Waals surface area contributed by atoms with E-state index in [0.29, 0.717) is 5.46 Å². The third-order valence-corrected chi connectivity index (χ3v) is 8.03. The van der Waals surface area contributed by atoms with Gasteiger partial charge in [-0.25, -0.2) is 0 Å². The summed E-state index contributed by atoms with van der Waals surface area (Å²) in [7, 11) is -1.50. The van der Waals surface area contributed by atoms with Gasteiger partial charge in [0.1, 0.15) is 0 Å². The van der Waals surface area contributed by atoms with Crippen molar-refractivity contribution in [3.05, 3.63) is 109 Å². The van der Waals surface area contributed by atoms with Crippen molar-refractivity contribution >= 4 is 65.9 Å². The second-order valence-corrected chi connectivity index (χ2v) is 9.89. The van der Waals surface area contributed by atoms with E-state index >= 15 is 0 Å². The molecule has 5 heteroatoms. The highest BCUT2D eigenvalue weighted by molar-refractivity contribution is 7.26. The molecule has 0 saturated heterocycles. The highest BCUT2D eigenvalue weighted by atomic mass is 32.1. The van der Waals surface area contributed by atoms with E-state index in [0.717, 1.165) is 16.7 Å². The molecule has 0 fully saturated rings. The van der Waals surface area contributed by atoms with Gasteiger partial charge in [-0.3, -0.25) is 0 Å². The van der Waals surface area contributed by atoms with Gasteiger partial charge in [0, 0.05) is 36.6 Å². The Kier molecular flexibility index (Phi) is 4.58. The highest BCUT2D eigenvalue weighted by Gasteiger charge is 2.17. The van der Waals surface area contributed by atoms with E-state index in [1.165, 1.54) is 42.1 Å². The quantitative estimate of drug-likeness (QED) is 0.290. The van der Waals surface area contributed by atoms with Crippen LogP contribution >= 0.6 is 11.3 Å². The predicted molar refractivity (Wildman–Crippen MR) is 149 cm³/mol. The van der Waals surface area contributed by atoms with Crippen LogP contribution < -0.4 is 5.46 Å². The number of fused-ring (bicyclic) bond motifs is 6. The topological polar surface area (TPSA) is 45.4 Å². The van der Waals surface area contributed by atoms with Crippen LogP contribution in [0.5, 0.6) is 0 Å². The van der Waals surface area contributed by atoms with Gasteiger partial charge in [0.25, 0.3) is 0 Å². The van der Waals surface area contributed by atoms with Crippen molar-refractivity contribution < 1.29 is 10.0 Å². The van der Waals surface area contributed by atoms with Crippen molar-refractivity contribution in [3.8, 4) is 16.8 Å². The van der Waals surface area contributed by atoms with Gasteiger partial charge in [-0.05, 0) is 53.0 Å². The zero-order valence-corrected chi connectivity index (χ0v) is 19.5. The van der Waals surface area contributed by atoms with Gasteiger partial charge in [0.15, 0.2) is 0 Å². The molecule has 2 aromatic heterocycles. The Hall–Kier alpha value is -3.90. The number of hydrogen-bond acceptors (Lipinski definition) is 3. The monoisotopic (exact) mass is 469 g/mol. The fourth-order valence-corrected chi connectivity index (χ4v) is 6.46. The molecule has 166 valence electrons. The first kappa shape index (κ1) is 20.5. The molecule has 7 rings (SSSR count). The Morgan fingerprint density at radius 3 is 2.23 bits per heavy atom. The van der Waals surface area contributed by atoms with Gasteiger partial charge in [-0.15, -0.1) is 11.3 Å². The van der Waals surface area contributed by atoms with Gasteiger partial charge < -0.3 is 14.6 Å². The third kappa shape index (κ3) is 3.13. The van der Waals surface area contributed by atoms with Gasteiger partial charge >= 0.3 is 7.12 Å². The van der Waals surface area contributed by atoms with Crippen LogP contribution in [0.2, 0.25) is 0 Å². The number of nitrogens with zero attached hydrogens (tertiary/aromatic N) is 1. The molecule has 0 bridgehead atoms. The maximum Gasteiger partial charge on any atom is 0.488 e. The normalized spacial score (nSPS) is 11.7. The highest BCUT2D eigenvalue weighted by Crippen LogP contribution is 2.41. The second-order valence-electron chi connectivity index (χ2n) is 8.83. The molecular formula is C30H20BNO2S. The molecule has 7 aromatic rings. The maximum atomic E-state index is 9.72. The van der Waals surface area contributed by atoms with Crippen molar-refractivity contribution in [1.82, 2.24) is 4.57 Å². The van der Waals surface area contributed by atoms with Crippen LogP contribution in [-0.4, -0.2) is 21.7 Å². The molecule has 0 unspecified atom stereocenters. The lowest BCUT2D eigenvalue weighted by Crippen LogP contribution is -2.29. The number of benzene rings is 5. The summed E-state index contributed by atoms with van der Waals surface area (Å²) in [6.45, 7) is 0. The molecule has 0 aliphatic rings. The zero-order valence-electron chi connectivity index (χ0n) is 18.7. The molecule has 0 spiro atoms. The Morgan fingerprint density at radius 2 is 1.34 bits per heavy atom. The van der Waals surface area contributed by atoms with Gasteiger partial charge in [-0.1, -0.05) is 72.8 Å².